The van der Waals surface area contributed by atoms with E-state index in [0.29, 0.717) is 0 Å². The van der Waals surface area contributed by atoms with Crippen molar-refractivity contribution in [2.75, 3.05) is 18.9 Å². The van der Waals surface area contributed by atoms with E-state index in [1.54, 1.807) is 0 Å². The minimum absolute atomic E-state index is 0.129. The molecule has 0 radical (unpaired) electrons. The lowest BCUT2D eigenvalue weighted by Crippen LogP contribution is -2.45. The van der Waals surface area contributed by atoms with Gasteiger partial charge in [-0.05, 0) is 50.3 Å². The first-order chi connectivity index (χ1) is 9.09. The van der Waals surface area contributed by atoms with Crippen molar-refractivity contribution in [3.63, 3.8) is 0 Å². The first kappa shape index (κ1) is 16.8. The van der Waals surface area contributed by atoms with Gasteiger partial charge in [-0.3, -0.25) is 0 Å². The van der Waals surface area contributed by atoms with E-state index in [9.17, 15) is 5.11 Å². The number of rotatable bonds is 9. The Morgan fingerprint density at radius 1 is 1.37 bits per heavy atom. The molecule has 0 aliphatic heterocycles. The highest BCUT2D eigenvalue weighted by molar-refractivity contribution is 7.99. The summed E-state index contributed by atoms with van der Waals surface area (Å²) < 4.78 is 0. The van der Waals surface area contributed by atoms with Crippen molar-refractivity contribution >= 4 is 23.4 Å². The van der Waals surface area contributed by atoms with Crippen molar-refractivity contribution < 1.29 is 5.11 Å². The van der Waals surface area contributed by atoms with Crippen LogP contribution < -0.4 is 5.32 Å². The Morgan fingerprint density at radius 2 is 2.16 bits per heavy atom. The molecule has 1 rings (SSSR count). The molecule has 19 heavy (non-hydrogen) atoms. The van der Waals surface area contributed by atoms with Crippen molar-refractivity contribution in [3.8, 4) is 0 Å². The third kappa shape index (κ3) is 6.66. The van der Waals surface area contributed by atoms with Crippen LogP contribution in [0.3, 0.4) is 0 Å². The van der Waals surface area contributed by atoms with Gasteiger partial charge in [0.1, 0.15) is 0 Å². The molecule has 0 spiro atoms. The van der Waals surface area contributed by atoms with E-state index in [4.69, 9.17) is 11.6 Å². The lowest BCUT2D eigenvalue weighted by molar-refractivity contribution is 0.165. The average Bonchev–Trinajstić information content (AvgIpc) is 2.39. The second kappa shape index (κ2) is 8.85. The molecule has 0 saturated heterocycles. The van der Waals surface area contributed by atoms with Gasteiger partial charge in [0.05, 0.1) is 6.61 Å². The number of thioether (sulfide) groups is 1. The van der Waals surface area contributed by atoms with Crippen molar-refractivity contribution in [1.29, 1.82) is 0 Å². The maximum Gasteiger partial charge on any atom is 0.0610 e. The van der Waals surface area contributed by atoms with E-state index in [1.165, 1.54) is 4.90 Å². The summed E-state index contributed by atoms with van der Waals surface area (Å²) in [4.78, 5) is 1.23. The van der Waals surface area contributed by atoms with Crippen molar-refractivity contribution in [1.82, 2.24) is 5.32 Å². The van der Waals surface area contributed by atoms with Gasteiger partial charge in [-0.15, -0.1) is 11.8 Å². The second-order valence-electron chi connectivity index (χ2n) is 5.01. The lowest BCUT2D eigenvalue weighted by atomic mass is 9.96. The van der Waals surface area contributed by atoms with Gasteiger partial charge in [-0.1, -0.05) is 31.0 Å². The number of benzene rings is 1. The molecule has 1 atom stereocenters. The van der Waals surface area contributed by atoms with E-state index in [-0.39, 0.29) is 12.1 Å². The van der Waals surface area contributed by atoms with Crippen molar-refractivity contribution in [2.45, 2.75) is 43.5 Å². The molecule has 2 nitrogen and oxygen atoms in total. The molecular weight excluding hydrogens is 278 g/mol. The summed E-state index contributed by atoms with van der Waals surface area (Å²) in [5.41, 5.74) is -0.129. The molecular formula is C15H24ClNOS. The molecule has 1 unspecified atom stereocenters. The zero-order valence-electron chi connectivity index (χ0n) is 11.8. The van der Waals surface area contributed by atoms with Crippen LogP contribution in [0.25, 0.3) is 0 Å². The van der Waals surface area contributed by atoms with Crippen LogP contribution in [0.4, 0.5) is 0 Å². The molecule has 108 valence electrons. The largest absolute Gasteiger partial charge is 0.394 e. The second-order valence-corrected chi connectivity index (χ2v) is 6.62. The zero-order valence-corrected chi connectivity index (χ0v) is 13.4. The normalized spacial score (nSPS) is 14.3. The predicted octanol–water partition coefficient (Wildman–Crippen LogP) is 3.96. The van der Waals surface area contributed by atoms with Gasteiger partial charge in [-0.2, -0.15) is 0 Å². The topological polar surface area (TPSA) is 32.3 Å². The SMILES string of the molecule is CCNC(C)(CO)CCCCSc1cccc(Cl)c1. The van der Waals surface area contributed by atoms with Crippen molar-refractivity contribution in [3.05, 3.63) is 29.3 Å². The Morgan fingerprint density at radius 3 is 2.79 bits per heavy atom. The molecule has 0 aromatic heterocycles. The first-order valence-electron chi connectivity index (χ1n) is 6.84. The van der Waals surface area contributed by atoms with Crippen LogP contribution >= 0.6 is 23.4 Å². The molecule has 1 aromatic rings. The highest BCUT2D eigenvalue weighted by Gasteiger charge is 2.20. The van der Waals surface area contributed by atoms with E-state index in [2.05, 4.69) is 25.2 Å². The summed E-state index contributed by atoms with van der Waals surface area (Å²) in [6, 6.07) is 7.98. The van der Waals surface area contributed by atoms with Gasteiger partial charge in [0, 0.05) is 15.5 Å². The van der Waals surface area contributed by atoms with E-state index >= 15 is 0 Å². The zero-order chi connectivity index (χ0) is 14.1. The number of aliphatic hydroxyl groups is 1. The van der Waals surface area contributed by atoms with Crippen LogP contribution in [0.15, 0.2) is 29.2 Å². The Bertz CT molecular complexity index is 375. The number of nitrogens with one attached hydrogen (secondary N) is 1. The standard InChI is InChI=1S/C15H24ClNOS/c1-3-17-15(2,12-18)9-4-5-10-19-14-8-6-7-13(16)11-14/h6-8,11,17-18H,3-5,9-10,12H2,1-2H3. The van der Waals surface area contributed by atoms with Crippen LogP contribution in [-0.4, -0.2) is 29.5 Å². The highest BCUT2D eigenvalue weighted by atomic mass is 35.5. The Hall–Kier alpha value is -0.220. The number of hydrogen-bond donors (Lipinski definition) is 2. The molecule has 0 bridgehead atoms. The minimum Gasteiger partial charge on any atom is -0.394 e. The molecule has 1 aromatic carbocycles. The molecule has 2 N–H and O–H groups in total. The minimum atomic E-state index is -0.129. The van der Waals surface area contributed by atoms with Crippen molar-refractivity contribution in [2.24, 2.45) is 0 Å². The molecule has 0 amide bonds. The van der Waals surface area contributed by atoms with Gasteiger partial charge in [0.2, 0.25) is 0 Å². The molecule has 0 saturated carbocycles. The monoisotopic (exact) mass is 301 g/mol. The van der Waals surface area contributed by atoms with Gasteiger partial charge >= 0.3 is 0 Å². The fourth-order valence-electron chi connectivity index (χ4n) is 2.01. The molecule has 0 aliphatic carbocycles. The quantitative estimate of drug-likeness (QED) is 0.535. The fourth-order valence-corrected chi connectivity index (χ4v) is 3.24. The van der Waals surface area contributed by atoms with Gasteiger partial charge in [0.15, 0.2) is 0 Å². The van der Waals surface area contributed by atoms with Crippen LogP contribution in [0.1, 0.15) is 33.1 Å². The summed E-state index contributed by atoms with van der Waals surface area (Å²) in [5, 5.41) is 13.5. The summed E-state index contributed by atoms with van der Waals surface area (Å²) in [6.07, 6.45) is 3.28. The van der Waals surface area contributed by atoms with E-state index in [1.807, 2.05) is 30.0 Å². The fraction of sp³-hybridized carbons (Fsp3) is 0.600. The molecule has 0 fully saturated rings. The predicted molar refractivity (Wildman–Crippen MR) is 85.2 cm³/mol. The summed E-state index contributed by atoms with van der Waals surface area (Å²) in [5.74, 6) is 1.09. The first-order valence-corrected chi connectivity index (χ1v) is 8.20. The molecule has 4 heteroatoms. The highest BCUT2D eigenvalue weighted by Crippen LogP contribution is 2.23. The smallest absolute Gasteiger partial charge is 0.0610 e. The van der Waals surface area contributed by atoms with Crippen LogP contribution in [0.2, 0.25) is 5.02 Å². The van der Waals surface area contributed by atoms with Gasteiger partial charge in [-0.25, -0.2) is 0 Å². The number of unbranched alkanes of at least 4 members (excludes halogenated alkanes) is 1. The lowest BCUT2D eigenvalue weighted by Gasteiger charge is -2.28. The van der Waals surface area contributed by atoms with Gasteiger partial charge in [0.25, 0.3) is 0 Å². The Labute approximate surface area is 125 Å². The summed E-state index contributed by atoms with van der Waals surface area (Å²) >= 11 is 7.79. The van der Waals surface area contributed by atoms with Gasteiger partial charge < -0.3 is 10.4 Å². The third-order valence-corrected chi connectivity index (χ3v) is 4.46. The maximum atomic E-state index is 9.40. The maximum absolute atomic E-state index is 9.40. The number of halogens is 1. The van der Waals surface area contributed by atoms with E-state index in [0.717, 1.165) is 36.6 Å². The van der Waals surface area contributed by atoms with Crippen LogP contribution in [-0.2, 0) is 0 Å². The summed E-state index contributed by atoms with van der Waals surface area (Å²) in [6.45, 7) is 5.25. The number of likely N-dealkylation sites (N-methyl/N-ethyl adjacent to an activating group) is 1. The number of hydrogen-bond acceptors (Lipinski definition) is 3. The Balaban J connectivity index is 2.20. The Kier molecular flexibility index (Phi) is 7.84. The van der Waals surface area contributed by atoms with Crippen LogP contribution in [0.5, 0.6) is 0 Å². The van der Waals surface area contributed by atoms with Crippen LogP contribution in [0, 0.1) is 0 Å². The molecule has 0 aliphatic rings. The third-order valence-electron chi connectivity index (χ3n) is 3.14. The average molecular weight is 302 g/mol. The molecule has 0 heterocycles. The van der Waals surface area contributed by atoms with E-state index < -0.39 is 0 Å². The summed E-state index contributed by atoms with van der Waals surface area (Å²) in [7, 11) is 0. The number of aliphatic hydroxyl groups excluding tert-OH is 1.